The van der Waals surface area contributed by atoms with Crippen molar-refractivity contribution in [3.05, 3.63) is 24.3 Å². The minimum Gasteiger partial charge on any atom is -0.345 e. The van der Waals surface area contributed by atoms with Crippen molar-refractivity contribution in [2.75, 3.05) is 42.6 Å². The van der Waals surface area contributed by atoms with Crippen LogP contribution in [0, 0.1) is 5.92 Å². The highest BCUT2D eigenvalue weighted by molar-refractivity contribution is 7.91. The summed E-state index contributed by atoms with van der Waals surface area (Å²) in [6.45, 7) is 2.89. The number of hydrogen-bond acceptors (Lipinski definition) is 6. The van der Waals surface area contributed by atoms with Gasteiger partial charge in [-0.15, -0.1) is 0 Å². The Morgan fingerprint density at radius 1 is 1.20 bits per heavy atom. The number of fused-ring (bicyclic) bond motifs is 1. The number of aromatic nitrogens is 1. The molecule has 8 heteroatoms. The van der Waals surface area contributed by atoms with Crippen molar-refractivity contribution in [1.82, 2.24) is 9.88 Å². The zero-order valence-corrected chi connectivity index (χ0v) is 15.6. The summed E-state index contributed by atoms with van der Waals surface area (Å²) >= 11 is 1.68. The van der Waals surface area contributed by atoms with E-state index in [0.29, 0.717) is 25.9 Å². The molecule has 134 valence electrons. The van der Waals surface area contributed by atoms with E-state index >= 15 is 0 Å². The van der Waals surface area contributed by atoms with Crippen LogP contribution in [0.1, 0.15) is 12.8 Å². The average molecular weight is 380 g/mol. The number of rotatable bonds is 3. The Balaban J connectivity index is 1.34. The number of carbonyl (C=O) groups excluding carboxylic acids is 1. The first-order chi connectivity index (χ1) is 12.0. The van der Waals surface area contributed by atoms with Gasteiger partial charge in [-0.05, 0) is 24.5 Å². The van der Waals surface area contributed by atoms with E-state index in [2.05, 4.69) is 16.0 Å². The zero-order chi connectivity index (χ0) is 17.4. The van der Waals surface area contributed by atoms with Gasteiger partial charge in [-0.3, -0.25) is 4.79 Å². The molecule has 0 spiro atoms. The summed E-state index contributed by atoms with van der Waals surface area (Å²) in [4.78, 5) is 21.2. The van der Waals surface area contributed by atoms with Crippen LogP contribution in [0.2, 0.25) is 0 Å². The molecule has 0 aliphatic carbocycles. The molecule has 4 rings (SSSR count). The van der Waals surface area contributed by atoms with Crippen LogP contribution in [0.25, 0.3) is 10.2 Å². The number of benzene rings is 1. The van der Waals surface area contributed by atoms with Crippen molar-refractivity contribution in [2.45, 2.75) is 12.8 Å². The number of piperazine rings is 1. The van der Waals surface area contributed by atoms with Gasteiger partial charge in [-0.1, -0.05) is 23.5 Å². The maximum absolute atomic E-state index is 12.4. The molecule has 2 saturated heterocycles. The van der Waals surface area contributed by atoms with Crippen LogP contribution in [-0.2, 0) is 14.6 Å². The lowest BCUT2D eigenvalue weighted by Crippen LogP contribution is -2.49. The molecule has 0 radical (unpaired) electrons. The van der Waals surface area contributed by atoms with Gasteiger partial charge in [0.1, 0.15) is 0 Å². The molecule has 1 aromatic carbocycles. The summed E-state index contributed by atoms with van der Waals surface area (Å²) in [6.07, 6.45) is 0.986. The molecule has 3 heterocycles. The second kappa shape index (κ2) is 6.57. The molecule has 6 nitrogen and oxygen atoms in total. The predicted molar refractivity (Wildman–Crippen MR) is 99.8 cm³/mol. The number of anilines is 1. The molecule has 2 fully saturated rings. The molecule has 0 bridgehead atoms. The van der Waals surface area contributed by atoms with Gasteiger partial charge in [-0.2, -0.15) is 0 Å². The fourth-order valence-corrected chi connectivity index (χ4v) is 6.43. The van der Waals surface area contributed by atoms with Gasteiger partial charge in [0, 0.05) is 32.6 Å². The minimum atomic E-state index is -2.92. The number of sulfone groups is 1. The van der Waals surface area contributed by atoms with Gasteiger partial charge in [0.15, 0.2) is 15.0 Å². The number of hydrogen-bond donors (Lipinski definition) is 0. The first kappa shape index (κ1) is 16.8. The van der Waals surface area contributed by atoms with Crippen molar-refractivity contribution in [3.8, 4) is 0 Å². The van der Waals surface area contributed by atoms with Crippen molar-refractivity contribution < 1.29 is 13.2 Å². The van der Waals surface area contributed by atoms with Crippen LogP contribution in [0.5, 0.6) is 0 Å². The maximum atomic E-state index is 12.4. The molecule has 2 aromatic rings. The number of nitrogens with zero attached hydrogens (tertiary/aromatic N) is 3. The lowest BCUT2D eigenvalue weighted by atomic mass is 10.0. The molecule has 25 heavy (non-hydrogen) atoms. The van der Waals surface area contributed by atoms with Crippen molar-refractivity contribution in [1.29, 1.82) is 0 Å². The summed E-state index contributed by atoms with van der Waals surface area (Å²) in [5.74, 6) is 0.492. The first-order valence-corrected chi connectivity index (χ1v) is 11.2. The maximum Gasteiger partial charge on any atom is 0.223 e. The van der Waals surface area contributed by atoms with E-state index in [0.717, 1.165) is 23.7 Å². The summed E-state index contributed by atoms with van der Waals surface area (Å²) in [7, 11) is -2.92. The third-order valence-corrected chi connectivity index (χ3v) is 7.91. The normalized spacial score (nSPS) is 23.3. The van der Waals surface area contributed by atoms with E-state index in [4.69, 9.17) is 0 Å². The van der Waals surface area contributed by atoms with Gasteiger partial charge in [0.05, 0.1) is 21.7 Å². The number of para-hydroxylation sites is 1. The van der Waals surface area contributed by atoms with E-state index in [1.807, 2.05) is 23.1 Å². The zero-order valence-electron chi connectivity index (χ0n) is 13.9. The first-order valence-electron chi connectivity index (χ1n) is 8.59. The Hall–Kier alpha value is -1.67. The molecule has 0 saturated carbocycles. The highest BCUT2D eigenvalue weighted by atomic mass is 32.2. The van der Waals surface area contributed by atoms with E-state index in [9.17, 15) is 13.2 Å². The SMILES string of the molecule is O=C(C[C@H]1CCS(=O)(=O)C1)N1CCN(c2nc3ccccc3s2)CC1. The fourth-order valence-electron chi connectivity index (χ4n) is 3.55. The molecule has 0 N–H and O–H groups in total. The second-order valence-corrected chi connectivity index (χ2v) is 10.0. The Morgan fingerprint density at radius 3 is 2.64 bits per heavy atom. The highest BCUT2D eigenvalue weighted by Gasteiger charge is 2.31. The lowest BCUT2D eigenvalue weighted by Gasteiger charge is -2.35. The largest absolute Gasteiger partial charge is 0.345 e. The monoisotopic (exact) mass is 379 g/mol. The van der Waals surface area contributed by atoms with E-state index in [-0.39, 0.29) is 23.3 Å². The Labute approximate surface area is 151 Å². The summed E-state index contributed by atoms with van der Waals surface area (Å²) in [5.41, 5.74) is 1.02. The van der Waals surface area contributed by atoms with Crippen LogP contribution in [0.15, 0.2) is 24.3 Å². The van der Waals surface area contributed by atoms with E-state index in [1.54, 1.807) is 11.3 Å². The number of amides is 1. The topological polar surface area (TPSA) is 70.6 Å². The summed E-state index contributed by atoms with van der Waals surface area (Å²) in [6, 6.07) is 8.10. The lowest BCUT2D eigenvalue weighted by molar-refractivity contribution is -0.132. The van der Waals surface area contributed by atoms with Crippen LogP contribution in [0.4, 0.5) is 5.13 Å². The van der Waals surface area contributed by atoms with Crippen molar-refractivity contribution in [3.63, 3.8) is 0 Å². The minimum absolute atomic E-state index is 0.000193. The molecule has 1 atom stereocenters. The third kappa shape index (κ3) is 3.64. The predicted octanol–water partition coefficient (Wildman–Crippen LogP) is 1.77. The smallest absolute Gasteiger partial charge is 0.223 e. The highest BCUT2D eigenvalue weighted by Crippen LogP contribution is 2.29. The Morgan fingerprint density at radius 2 is 1.96 bits per heavy atom. The molecule has 2 aliphatic heterocycles. The van der Waals surface area contributed by atoms with Gasteiger partial charge < -0.3 is 9.80 Å². The van der Waals surface area contributed by atoms with Gasteiger partial charge in [0.25, 0.3) is 0 Å². The van der Waals surface area contributed by atoms with E-state index < -0.39 is 9.84 Å². The molecule has 1 aromatic heterocycles. The van der Waals surface area contributed by atoms with Gasteiger partial charge in [0.2, 0.25) is 5.91 Å². The Kier molecular flexibility index (Phi) is 4.41. The van der Waals surface area contributed by atoms with Crippen LogP contribution < -0.4 is 4.90 Å². The second-order valence-electron chi connectivity index (χ2n) is 6.81. The quantitative estimate of drug-likeness (QED) is 0.813. The molecule has 0 unspecified atom stereocenters. The van der Waals surface area contributed by atoms with Crippen LogP contribution in [-0.4, -0.2) is 61.9 Å². The molecular formula is C17H21N3O3S2. The standard InChI is InChI=1S/C17H21N3O3S2/c21-16(11-13-5-10-25(22,23)12-13)19-6-8-20(9-7-19)17-18-14-3-1-2-4-15(14)24-17/h1-4,13H,5-12H2/t13-/m1/s1. The Bertz CT molecular complexity index is 852. The van der Waals surface area contributed by atoms with Crippen LogP contribution >= 0.6 is 11.3 Å². The molecular weight excluding hydrogens is 358 g/mol. The molecule has 1 amide bonds. The van der Waals surface area contributed by atoms with Gasteiger partial charge >= 0.3 is 0 Å². The van der Waals surface area contributed by atoms with Crippen molar-refractivity contribution >= 4 is 42.4 Å². The van der Waals surface area contributed by atoms with Crippen LogP contribution in [0.3, 0.4) is 0 Å². The average Bonchev–Trinajstić information content (AvgIpc) is 3.18. The third-order valence-electron chi connectivity index (χ3n) is 4.98. The van der Waals surface area contributed by atoms with E-state index in [1.165, 1.54) is 4.70 Å². The van der Waals surface area contributed by atoms with Crippen molar-refractivity contribution in [2.24, 2.45) is 5.92 Å². The van der Waals surface area contributed by atoms with Gasteiger partial charge in [-0.25, -0.2) is 13.4 Å². The molecule has 2 aliphatic rings. The number of carbonyl (C=O) groups is 1. The summed E-state index contributed by atoms with van der Waals surface area (Å²) in [5, 5.41) is 1.01. The fraction of sp³-hybridized carbons (Fsp3) is 0.529. The number of thiazole rings is 1. The summed E-state index contributed by atoms with van der Waals surface area (Å²) < 4.78 is 24.2.